The Kier molecular flexibility index (Phi) is 4.56. The molecule has 0 aliphatic carbocycles. The van der Waals surface area contributed by atoms with E-state index in [-0.39, 0.29) is 17.3 Å². The van der Waals surface area contributed by atoms with Crippen molar-refractivity contribution < 1.29 is 19.1 Å². The monoisotopic (exact) mass is 421 g/mol. The van der Waals surface area contributed by atoms with Crippen LogP contribution in [0.4, 0.5) is 0 Å². The number of fused-ring (bicyclic) bond motifs is 1. The molecule has 0 N–H and O–H groups in total. The number of allylic oxidation sites excluding steroid dienone is 1. The highest BCUT2D eigenvalue weighted by atomic mass is 79.9. The van der Waals surface area contributed by atoms with Crippen molar-refractivity contribution in [2.45, 2.75) is 0 Å². The summed E-state index contributed by atoms with van der Waals surface area (Å²) in [5, 5.41) is 0. The molecule has 0 amide bonds. The third-order valence-electron chi connectivity index (χ3n) is 3.94. The second-order valence-electron chi connectivity index (χ2n) is 5.75. The fraction of sp³-hybridized carbons (Fsp3) is 0. The molecular formula is C21H12BrNO4. The Labute approximate surface area is 163 Å². The van der Waals surface area contributed by atoms with E-state index < -0.39 is 5.97 Å². The Morgan fingerprint density at radius 3 is 2.74 bits per heavy atom. The number of ether oxygens (including phenoxy) is 2. The summed E-state index contributed by atoms with van der Waals surface area (Å²) in [7, 11) is 0. The summed E-state index contributed by atoms with van der Waals surface area (Å²) in [5.41, 5.74) is 1.59. The third-order valence-corrected chi connectivity index (χ3v) is 4.66. The minimum absolute atomic E-state index is 0.215. The molecule has 0 atom stereocenters. The summed E-state index contributed by atoms with van der Waals surface area (Å²) >= 11 is 3.45. The topological polar surface area (TPSA) is 65.5 Å². The first-order chi connectivity index (χ1) is 13.1. The van der Waals surface area contributed by atoms with Crippen molar-refractivity contribution in [2.24, 2.45) is 0 Å². The van der Waals surface area contributed by atoms with Crippen LogP contribution in [0.25, 0.3) is 6.08 Å². The zero-order valence-corrected chi connectivity index (χ0v) is 15.5. The molecule has 0 unspecified atom stereocenters. The first-order valence-corrected chi connectivity index (χ1v) is 8.86. The number of rotatable bonds is 3. The van der Waals surface area contributed by atoms with E-state index in [9.17, 15) is 9.59 Å². The number of benzene rings is 2. The van der Waals surface area contributed by atoms with Gasteiger partial charge in [0.2, 0.25) is 5.78 Å². The Balaban J connectivity index is 1.58. The average Bonchev–Trinajstić information content (AvgIpc) is 2.99. The van der Waals surface area contributed by atoms with Crippen LogP contribution in [-0.4, -0.2) is 16.7 Å². The molecule has 0 bridgehead atoms. The summed E-state index contributed by atoms with van der Waals surface area (Å²) in [4.78, 5) is 28.6. The van der Waals surface area contributed by atoms with Gasteiger partial charge < -0.3 is 9.47 Å². The second-order valence-corrected chi connectivity index (χ2v) is 6.60. The fourth-order valence-electron chi connectivity index (χ4n) is 2.61. The van der Waals surface area contributed by atoms with Gasteiger partial charge in [0.1, 0.15) is 11.5 Å². The molecule has 0 spiro atoms. The lowest BCUT2D eigenvalue weighted by molar-refractivity contribution is 0.0734. The molecule has 1 aliphatic heterocycles. The first kappa shape index (κ1) is 17.2. The molecule has 0 fully saturated rings. The molecule has 0 saturated heterocycles. The van der Waals surface area contributed by atoms with Crippen LogP contribution >= 0.6 is 15.9 Å². The smallest absolute Gasteiger partial charge is 0.345 e. The van der Waals surface area contributed by atoms with Crippen LogP contribution in [0.3, 0.4) is 0 Å². The predicted molar refractivity (Wildman–Crippen MR) is 103 cm³/mol. The Bertz CT molecular complexity index is 1080. The number of ketones is 1. The van der Waals surface area contributed by atoms with Gasteiger partial charge in [-0.1, -0.05) is 34.1 Å². The van der Waals surface area contributed by atoms with Crippen LogP contribution in [0.2, 0.25) is 0 Å². The number of pyridine rings is 1. The molecule has 3 aromatic rings. The number of nitrogens with zero attached hydrogens (tertiary/aromatic N) is 1. The van der Waals surface area contributed by atoms with E-state index in [1.165, 1.54) is 12.3 Å². The largest absolute Gasteiger partial charge is 0.452 e. The number of hydrogen-bond donors (Lipinski definition) is 0. The maximum Gasteiger partial charge on any atom is 0.345 e. The van der Waals surface area contributed by atoms with Crippen LogP contribution in [0, 0.1) is 0 Å². The highest BCUT2D eigenvalue weighted by Crippen LogP contribution is 2.35. The Morgan fingerprint density at radius 2 is 1.96 bits per heavy atom. The van der Waals surface area contributed by atoms with Gasteiger partial charge in [0.15, 0.2) is 5.76 Å². The van der Waals surface area contributed by atoms with Gasteiger partial charge in [-0.15, -0.1) is 0 Å². The number of esters is 1. The van der Waals surface area contributed by atoms with Crippen molar-refractivity contribution in [3.05, 3.63) is 93.9 Å². The number of halogens is 1. The zero-order valence-electron chi connectivity index (χ0n) is 13.9. The minimum Gasteiger partial charge on any atom is -0.452 e. The highest BCUT2D eigenvalue weighted by molar-refractivity contribution is 9.10. The van der Waals surface area contributed by atoms with E-state index in [0.29, 0.717) is 16.9 Å². The molecule has 132 valence electrons. The quantitative estimate of drug-likeness (QED) is 0.349. The summed E-state index contributed by atoms with van der Waals surface area (Å²) in [6.07, 6.45) is 4.67. The molecule has 5 nitrogen and oxygen atoms in total. The number of aromatic nitrogens is 1. The van der Waals surface area contributed by atoms with Gasteiger partial charge >= 0.3 is 5.97 Å². The molecule has 0 radical (unpaired) electrons. The fourth-order valence-corrected chi connectivity index (χ4v) is 3.01. The Hall–Kier alpha value is -3.25. The lowest BCUT2D eigenvalue weighted by Crippen LogP contribution is -2.08. The summed E-state index contributed by atoms with van der Waals surface area (Å²) in [5.74, 6) is 0.113. The summed E-state index contributed by atoms with van der Waals surface area (Å²) < 4.78 is 11.9. The van der Waals surface area contributed by atoms with Gasteiger partial charge in [0.05, 0.1) is 11.1 Å². The van der Waals surface area contributed by atoms with Gasteiger partial charge in [-0.05, 0) is 42.0 Å². The van der Waals surface area contributed by atoms with Gasteiger partial charge in [0.25, 0.3) is 0 Å². The van der Waals surface area contributed by atoms with Gasteiger partial charge in [-0.3, -0.25) is 9.78 Å². The van der Waals surface area contributed by atoms with Crippen LogP contribution in [0.1, 0.15) is 26.3 Å². The van der Waals surface area contributed by atoms with Crippen molar-refractivity contribution in [3.8, 4) is 11.5 Å². The number of carbonyl (C=O) groups excluding carboxylic acids is 2. The second kappa shape index (κ2) is 7.17. The molecule has 1 aliphatic rings. The molecule has 4 rings (SSSR count). The average molecular weight is 422 g/mol. The number of carbonyl (C=O) groups is 2. The van der Waals surface area contributed by atoms with E-state index in [1.807, 2.05) is 24.3 Å². The standard InChI is InChI=1S/C21H12BrNO4/c22-17-6-2-1-4-13(17)10-19-20(24)16-8-7-15(11-18(16)27-19)26-21(25)14-5-3-9-23-12-14/h1-12H/b19-10-. The van der Waals surface area contributed by atoms with Crippen LogP contribution < -0.4 is 9.47 Å². The summed E-state index contributed by atoms with van der Waals surface area (Å²) in [6.45, 7) is 0. The first-order valence-electron chi connectivity index (χ1n) is 8.07. The Morgan fingerprint density at radius 1 is 1.11 bits per heavy atom. The SMILES string of the molecule is O=C(Oc1ccc2c(c1)O/C(=C\c1ccccc1Br)C2=O)c1cccnc1. The molecule has 6 heteroatoms. The predicted octanol–water partition coefficient (Wildman–Crippen LogP) is 4.68. The van der Waals surface area contributed by atoms with Crippen LogP contribution in [0.5, 0.6) is 11.5 Å². The molecule has 1 aromatic heterocycles. The van der Waals surface area contributed by atoms with E-state index in [0.717, 1.165) is 10.0 Å². The zero-order chi connectivity index (χ0) is 18.8. The number of Topliss-reactive ketones (excluding diaryl/α,β-unsaturated/α-hetero) is 1. The molecule has 2 aromatic carbocycles. The maximum atomic E-state index is 12.5. The van der Waals surface area contributed by atoms with Crippen molar-refractivity contribution in [1.82, 2.24) is 4.98 Å². The lowest BCUT2D eigenvalue weighted by Gasteiger charge is -2.05. The molecular weight excluding hydrogens is 410 g/mol. The highest BCUT2D eigenvalue weighted by Gasteiger charge is 2.28. The van der Waals surface area contributed by atoms with E-state index >= 15 is 0 Å². The normalized spacial score (nSPS) is 14.0. The minimum atomic E-state index is -0.531. The van der Waals surface area contributed by atoms with Crippen LogP contribution in [-0.2, 0) is 0 Å². The number of hydrogen-bond acceptors (Lipinski definition) is 5. The van der Waals surface area contributed by atoms with Gasteiger partial charge in [-0.2, -0.15) is 0 Å². The van der Waals surface area contributed by atoms with Crippen molar-refractivity contribution in [2.75, 3.05) is 0 Å². The van der Waals surface area contributed by atoms with E-state index in [1.54, 1.807) is 36.5 Å². The lowest BCUT2D eigenvalue weighted by atomic mass is 10.1. The van der Waals surface area contributed by atoms with E-state index in [2.05, 4.69) is 20.9 Å². The van der Waals surface area contributed by atoms with Crippen molar-refractivity contribution >= 4 is 33.8 Å². The molecule has 0 saturated carbocycles. The van der Waals surface area contributed by atoms with Gasteiger partial charge in [-0.25, -0.2) is 4.79 Å². The summed E-state index contributed by atoms with van der Waals surface area (Å²) in [6, 6.07) is 15.5. The van der Waals surface area contributed by atoms with Crippen LogP contribution in [0.15, 0.2) is 77.2 Å². The van der Waals surface area contributed by atoms with E-state index in [4.69, 9.17) is 9.47 Å². The molecule has 27 heavy (non-hydrogen) atoms. The van der Waals surface area contributed by atoms with Gasteiger partial charge in [0, 0.05) is 22.9 Å². The van der Waals surface area contributed by atoms with Crippen molar-refractivity contribution in [3.63, 3.8) is 0 Å². The maximum absolute atomic E-state index is 12.5. The van der Waals surface area contributed by atoms with Crippen molar-refractivity contribution in [1.29, 1.82) is 0 Å². The molecule has 2 heterocycles. The third kappa shape index (κ3) is 3.52.